The number of phenolic OH excluding ortho intramolecular Hbond substituents is 1. The number of aliphatic hydroxyl groups excluding tert-OH is 1. The lowest BCUT2D eigenvalue weighted by Gasteiger charge is -2.05. The standard InChI is InChI=1S/C10H12O2/c1-6-4-9(8(3)11)5-7(2)10(6)12/h4-5,11-12H,3H2,1-2H3. The zero-order valence-corrected chi connectivity index (χ0v) is 7.26. The second kappa shape index (κ2) is 2.89. The number of hydrogen-bond acceptors (Lipinski definition) is 2. The van der Waals surface area contributed by atoms with Crippen molar-refractivity contribution in [1.82, 2.24) is 0 Å². The summed E-state index contributed by atoms with van der Waals surface area (Å²) < 4.78 is 0. The molecule has 0 aliphatic carbocycles. The molecule has 0 radical (unpaired) electrons. The first kappa shape index (κ1) is 8.65. The highest BCUT2D eigenvalue weighted by Gasteiger charge is 2.04. The van der Waals surface area contributed by atoms with Gasteiger partial charge in [-0.25, -0.2) is 0 Å². The van der Waals surface area contributed by atoms with E-state index >= 15 is 0 Å². The zero-order valence-electron chi connectivity index (χ0n) is 7.26. The van der Waals surface area contributed by atoms with Gasteiger partial charge in [0.2, 0.25) is 0 Å². The highest BCUT2D eigenvalue weighted by molar-refractivity contribution is 5.60. The molecule has 2 nitrogen and oxygen atoms in total. The Kier molecular flexibility index (Phi) is 2.09. The molecule has 0 aliphatic rings. The first-order valence-electron chi connectivity index (χ1n) is 3.71. The summed E-state index contributed by atoms with van der Waals surface area (Å²) in [6.45, 7) is 6.98. The van der Waals surface area contributed by atoms with Gasteiger partial charge >= 0.3 is 0 Å². The van der Waals surface area contributed by atoms with Gasteiger partial charge in [-0.2, -0.15) is 0 Å². The third kappa shape index (κ3) is 1.42. The smallest absolute Gasteiger partial charge is 0.121 e. The van der Waals surface area contributed by atoms with Crippen LogP contribution in [0.3, 0.4) is 0 Å². The molecule has 0 heterocycles. The Morgan fingerprint density at radius 3 is 2.00 bits per heavy atom. The van der Waals surface area contributed by atoms with Crippen molar-refractivity contribution in [3.05, 3.63) is 35.4 Å². The van der Waals surface area contributed by atoms with Crippen LogP contribution in [-0.4, -0.2) is 10.2 Å². The van der Waals surface area contributed by atoms with Gasteiger partial charge in [0.25, 0.3) is 0 Å². The maximum atomic E-state index is 9.40. The Bertz CT molecular complexity index is 304. The molecule has 0 saturated carbocycles. The van der Waals surface area contributed by atoms with Crippen LogP contribution in [0.25, 0.3) is 5.76 Å². The predicted molar refractivity (Wildman–Crippen MR) is 49.2 cm³/mol. The normalized spacial score (nSPS) is 9.83. The maximum Gasteiger partial charge on any atom is 0.121 e. The average molecular weight is 164 g/mol. The van der Waals surface area contributed by atoms with E-state index < -0.39 is 0 Å². The Hall–Kier alpha value is -1.44. The van der Waals surface area contributed by atoms with Crippen molar-refractivity contribution in [1.29, 1.82) is 0 Å². The number of benzene rings is 1. The third-order valence-electron chi connectivity index (χ3n) is 1.82. The van der Waals surface area contributed by atoms with Gasteiger partial charge in [0.1, 0.15) is 11.5 Å². The van der Waals surface area contributed by atoms with Crippen molar-refractivity contribution in [3.63, 3.8) is 0 Å². The van der Waals surface area contributed by atoms with Gasteiger partial charge in [-0.3, -0.25) is 0 Å². The maximum absolute atomic E-state index is 9.40. The molecule has 0 amide bonds. The molecular weight excluding hydrogens is 152 g/mol. The Morgan fingerprint density at radius 1 is 1.25 bits per heavy atom. The molecule has 64 valence electrons. The van der Waals surface area contributed by atoms with Gasteiger partial charge in [0.15, 0.2) is 0 Å². The Balaban J connectivity index is 3.31. The molecule has 0 bridgehead atoms. The fraction of sp³-hybridized carbons (Fsp3) is 0.200. The lowest BCUT2D eigenvalue weighted by Crippen LogP contribution is -1.86. The number of rotatable bonds is 1. The van der Waals surface area contributed by atoms with Crippen LogP contribution in [0.5, 0.6) is 5.75 Å². The molecule has 2 N–H and O–H groups in total. The number of aromatic hydroxyl groups is 1. The molecule has 1 aromatic rings. The van der Waals surface area contributed by atoms with Crippen LogP contribution < -0.4 is 0 Å². The van der Waals surface area contributed by atoms with Crippen molar-refractivity contribution >= 4 is 5.76 Å². The van der Waals surface area contributed by atoms with E-state index in [9.17, 15) is 5.11 Å². The van der Waals surface area contributed by atoms with Gasteiger partial charge in [-0.15, -0.1) is 0 Å². The van der Waals surface area contributed by atoms with Crippen molar-refractivity contribution in [2.75, 3.05) is 0 Å². The molecule has 1 rings (SSSR count). The topological polar surface area (TPSA) is 40.5 Å². The van der Waals surface area contributed by atoms with E-state index in [0.717, 1.165) is 11.1 Å². The number of aryl methyl sites for hydroxylation is 2. The first-order chi connectivity index (χ1) is 5.52. The minimum absolute atomic E-state index is 0.0289. The van der Waals surface area contributed by atoms with Crippen LogP contribution >= 0.6 is 0 Å². The lowest BCUT2D eigenvalue weighted by atomic mass is 10.1. The lowest BCUT2D eigenvalue weighted by molar-refractivity contribution is 0.466. The van der Waals surface area contributed by atoms with Gasteiger partial charge in [-0.05, 0) is 37.1 Å². The second-order valence-corrected chi connectivity index (χ2v) is 2.91. The van der Waals surface area contributed by atoms with E-state index in [4.69, 9.17) is 5.11 Å². The Labute approximate surface area is 71.8 Å². The molecule has 0 saturated heterocycles. The Morgan fingerprint density at radius 2 is 1.67 bits per heavy atom. The van der Waals surface area contributed by atoms with Crippen LogP contribution in [0.2, 0.25) is 0 Å². The molecule has 0 spiro atoms. The summed E-state index contributed by atoms with van der Waals surface area (Å²) in [4.78, 5) is 0. The van der Waals surface area contributed by atoms with Crippen molar-refractivity contribution in [3.8, 4) is 5.75 Å². The fourth-order valence-corrected chi connectivity index (χ4v) is 1.12. The van der Waals surface area contributed by atoms with E-state index in [0.29, 0.717) is 5.56 Å². The van der Waals surface area contributed by atoms with E-state index in [-0.39, 0.29) is 11.5 Å². The molecule has 0 aliphatic heterocycles. The summed E-state index contributed by atoms with van der Waals surface area (Å²) in [5.74, 6) is 0.307. The third-order valence-corrected chi connectivity index (χ3v) is 1.82. The van der Waals surface area contributed by atoms with Gasteiger partial charge in [0, 0.05) is 5.56 Å². The highest BCUT2D eigenvalue weighted by atomic mass is 16.3. The van der Waals surface area contributed by atoms with Crippen LogP contribution in [0.1, 0.15) is 16.7 Å². The predicted octanol–water partition coefficient (Wildman–Crippen LogP) is 2.54. The summed E-state index contributed by atoms with van der Waals surface area (Å²) in [5, 5.41) is 18.5. The van der Waals surface area contributed by atoms with E-state index in [1.807, 2.05) is 0 Å². The molecule has 1 aromatic carbocycles. The van der Waals surface area contributed by atoms with Gasteiger partial charge < -0.3 is 10.2 Å². The summed E-state index contributed by atoms with van der Waals surface area (Å²) in [5.41, 5.74) is 2.16. The zero-order chi connectivity index (χ0) is 9.30. The van der Waals surface area contributed by atoms with E-state index in [1.165, 1.54) is 0 Å². The quantitative estimate of drug-likeness (QED) is 0.626. The van der Waals surface area contributed by atoms with Crippen molar-refractivity contribution < 1.29 is 10.2 Å². The molecular formula is C10H12O2. The highest BCUT2D eigenvalue weighted by Crippen LogP contribution is 2.24. The molecule has 0 unspecified atom stereocenters. The van der Waals surface area contributed by atoms with Gasteiger partial charge in [0.05, 0.1) is 0 Å². The summed E-state index contributed by atoms with van der Waals surface area (Å²) in [7, 11) is 0. The number of phenols is 1. The average Bonchev–Trinajstić information content (AvgIpc) is 1.99. The van der Waals surface area contributed by atoms with Crippen LogP contribution in [0, 0.1) is 13.8 Å². The summed E-state index contributed by atoms with van der Waals surface area (Å²) in [6.07, 6.45) is 0. The largest absolute Gasteiger partial charge is 0.508 e. The molecule has 0 aromatic heterocycles. The number of hydrogen-bond donors (Lipinski definition) is 2. The monoisotopic (exact) mass is 164 g/mol. The minimum Gasteiger partial charge on any atom is -0.508 e. The van der Waals surface area contributed by atoms with E-state index in [1.54, 1.807) is 26.0 Å². The second-order valence-electron chi connectivity index (χ2n) is 2.91. The van der Waals surface area contributed by atoms with Crippen molar-refractivity contribution in [2.24, 2.45) is 0 Å². The number of aliphatic hydroxyl groups is 1. The van der Waals surface area contributed by atoms with Crippen LogP contribution in [-0.2, 0) is 0 Å². The summed E-state index contributed by atoms with van der Waals surface area (Å²) in [6, 6.07) is 3.40. The van der Waals surface area contributed by atoms with Crippen LogP contribution in [0.4, 0.5) is 0 Å². The minimum atomic E-state index is 0.0289. The van der Waals surface area contributed by atoms with Gasteiger partial charge in [-0.1, -0.05) is 6.58 Å². The van der Waals surface area contributed by atoms with E-state index in [2.05, 4.69) is 6.58 Å². The summed E-state index contributed by atoms with van der Waals surface area (Å²) >= 11 is 0. The van der Waals surface area contributed by atoms with Crippen LogP contribution in [0.15, 0.2) is 18.7 Å². The van der Waals surface area contributed by atoms with Crippen molar-refractivity contribution in [2.45, 2.75) is 13.8 Å². The molecule has 2 heteroatoms. The fourth-order valence-electron chi connectivity index (χ4n) is 1.12. The molecule has 0 fully saturated rings. The molecule has 12 heavy (non-hydrogen) atoms. The SMILES string of the molecule is C=C(O)c1cc(C)c(O)c(C)c1. The first-order valence-corrected chi connectivity index (χ1v) is 3.71. The molecule has 0 atom stereocenters.